The van der Waals surface area contributed by atoms with Gasteiger partial charge >= 0.3 is 0 Å². The Labute approximate surface area is 113 Å². The molecular weight excluding hydrogens is 299 g/mol. The van der Waals surface area contributed by atoms with Crippen molar-refractivity contribution in [1.29, 1.82) is 5.26 Å². The largest absolute Gasteiger partial charge is 0.338 e. The molecule has 0 bridgehead atoms. The fraction of sp³-hybridized carbons (Fsp3) is 0.385. The number of likely N-dealkylation sites (tertiary alicyclic amines) is 1. The average Bonchev–Trinajstić information content (AvgIpc) is 2.38. The second-order valence-corrected chi connectivity index (χ2v) is 5.24. The van der Waals surface area contributed by atoms with Crippen LogP contribution in [0.4, 0.5) is 4.39 Å². The topological polar surface area (TPSA) is 44.1 Å². The third-order valence-corrected chi connectivity index (χ3v) is 3.62. The van der Waals surface area contributed by atoms with Gasteiger partial charge in [-0.15, -0.1) is 0 Å². The summed E-state index contributed by atoms with van der Waals surface area (Å²) in [5.41, 5.74) is 0.0913. The number of carbonyl (C=O) groups excluding carboxylic acids is 1. The van der Waals surface area contributed by atoms with Crippen LogP contribution in [0.3, 0.4) is 0 Å². The maximum Gasteiger partial charge on any atom is 0.256 e. The number of hydrogen-bond acceptors (Lipinski definition) is 2. The number of carbonyl (C=O) groups is 1. The van der Waals surface area contributed by atoms with Crippen LogP contribution in [0.15, 0.2) is 22.7 Å². The van der Waals surface area contributed by atoms with Gasteiger partial charge in [-0.05, 0) is 31.0 Å². The molecule has 0 saturated carbocycles. The van der Waals surface area contributed by atoms with Crippen molar-refractivity contribution in [2.24, 2.45) is 5.92 Å². The molecule has 0 atom stereocenters. The monoisotopic (exact) mass is 310 g/mol. The second-order valence-electron chi connectivity index (χ2n) is 4.32. The summed E-state index contributed by atoms with van der Waals surface area (Å²) in [5, 5.41) is 8.79. The molecule has 5 heteroatoms. The number of nitriles is 1. The Kier molecular flexibility index (Phi) is 3.97. The van der Waals surface area contributed by atoms with E-state index in [0.29, 0.717) is 30.4 Å². The molecule has 0 N–H and O–H groups in total. The van der Waals surface area contributed by atoms with E-state index >= 15 is 0 Å². The summed E-state index contributed by atoms with van der Waals surface area (Å²) >= 11 is 3.16. The quantitative estimate of drug-likeness (QED) is 0.800. The molecule has 18 heavy (non-hydrogen) atoms. The Hall–Kier alpha value is -1.41. The minimum atomic E-state index is -0.517. The summed E-state index contributed by atoms with van der Waals surface area (Å²) in [6.07, 6.45) is 1.33. The third kappa shape index (κ3) is 2.70. The summed E-state index contributed by atoms with van der Waals surface area (Å²) in [4.78, 5) is 13.7. The summed E-state index contributed by atoms with van der Waals surface area (Å²) in [5.74, 6) is -0.794. The van der Waals surface area contributed by atoms with Gasteiger partial charge in [0.15, 0.2) is 0 Å². The molecule has 0 radical (unpaired) electrons. The zero-order chi connectivity index (χ0) is 13.1. The standard InChI is InChI=1S/C13H12BrFN2O/c14-10-1-2-11(12(15)7-10)13(18)17-5-3-9(8-16)4-6-17/h1-2,7,9H,3-6H2. The van der Waals surface area contributed by atoms with Crippen LogP contribution in [-0.2, 0) is 0 Å². The molecule has 0 aromatic heterocycles. The number of rotatable bonds is 1. The van der Waals surface area contributed by atoms with E-state index in [2.05, 4.69) is 22.0 Å². The maximum absolute atomic E-state index is 13.7. The average molecular weight is 311 g/mol. The summed E-state index contributed by atoms with van der Waals surface area (Å²) in [6.45, 7) is 1.04. The van der Waals surface area contributed by atoms with Gasteiger partial charge in [-0.1, -0.05) is 15.9 Å². The van der Waals surface area contributed by atoms with Gasteiger partial charge in [0.05, 0.1) is 11.6 Å². The first kappa shape index (κ1) is 13.0. The highest BCUT2D eigenvalue weighted by atomic mass is 79.9. The molecule has 1 amide bonds. The van der Waals surface area contributed by atoms with E-state index in [1.54, 1.807) is 11.0 Å². The molecule has 1 aromatic carbocycles. The van der Waals surface area contributed by atoms with Crippen molar-refractivity contribution in [3.8, 4) is 6.07 Å². The van der Waals surface area contributed by atoms with Crippen molar-refractivity contribution in [2.45, 2.75) is 12.8 Å². The molecule has 3 nitrogen and oxygen atoms in total. The van der Waals surface area contributed by atoms with Gasteiger partial charge in [0.2, 0.25) is 0 Å². The molecule has 0 unspecified atom stereocenters. The Morgan fingerprint density at radius 3 is 2.67 bits per heavy atom. The SMILES string of the molecule is N#CC1CCN(C(=O)c2ccc(Br)cc2F)CC1. The van der Waals surface area contributed by atoms with Crippen LogP contribution in [0, 0.1) is 23.1 Å². The highest BCUT2D eigenvalue weighted by Gasteiger charge is 2.24. The van der Waals surface area contributed by atoms with Crippen molar-refractivity contribution in [3.05, 3.63) is 34.1 Å². The summed E-state index contributed by atoms with van der Waals surface area (Å²) in [6, 6.07) is 6.63. The van der Waals surface area contributed by atoms with Crippen LogP contribution in [0.5, 0.6) is 0 Å². The fourth-order valence-electron chi connectivity index (χ4n) is 2.04. The number of nitrogens with zero attached hydrogens (tertiary/aromatic N) is 2. The van der Waals surface area contributed by atoms with Crippen LogP contribution in [0.1, 0.15) is 23.2 Å². The van der Waals surface area contributed by atoms with E-state index in [4.69, 9.17) is 5.26 Å². The predicted octanol–water partition coefficient (Wildman–Crippen LogP) is 2.96. The number of hydrogen-bond donors (Lipinski definition) is 0. The maximum atomic E-state index is 13.7. The lowest BCUT2D eigenvalue weighted by Crippen LogP contribution is -2.38. The van der Waals surface area contributed by atoms with E-state index in [9.17, 15) is 9.18 Å². The van der Waals surface area contributed by atoms with Gasteiger partial charge in [-0.2, -0.15) is 5.26 Å². The van der Waals surface area contributed by atoms with Crippen molar-refractivity contribution >= 4 is 21.8 Å². The smallest absolute Gasteiger partial charge is 0.256 e. The van der Waals surface area contributed by atoms with Gasteiger partial charge in [0, 0.05) is 23.5 Å². The summed E-state index contributed by atoms with van der Waals surface area (Å²) < 4.78 is 14.3. The van der Waals surface area contributed by atoms with Crippen LogP contribution in [-0.4, -0.2) is 23.9 Å². The van der Waals surface area contributed by atoms with Crippen LogP contribution in [0.2, 0.25) is 0 Å². The summed E-state index contributed by atoms with van der Waals surface area (Å²) in [7, 11) is 0. The zero-order valence-corrected chi connectivity index (χ0v) is 11.3. The number of halogens is 2. The lowest BCUT2D eigenvalue weighted by molar-refractivity contribution is 0.0702. The first-order valence-electron chi connectivity index (χ1n) is 5.75. The van der Waals surface area contributed by atoms with Gasteiger partial charge in [-0.25, -0.2) is 4.39 Å². The molecule has 94 valence electrons. The van der Waals surface area contributed by atoms with Crippen LogP contribution in [0.25, 0.3) is 0 Å². The fourth-order valence-corrected chi connectivity index (χ4v) is 2.38. The Morgan fingerprint density at radius 1 is 1.44 bits per heavy atom. The van der Waals surface area contributed by atoms with E-state index < -0.39 is 5.82 Å². The minimum absolute atomic E-state index is 0.0174. The molecule has 1 aliphatic rings. The molecule has 2 rings (SSSR count). The number of amides is 1. The first-order valence-corrected chi connectivity index (χ1v) is 6.55. The molecule has 1 aromatic rings. The van der Waals surface area contributed by atoms with Gasteiger partial charge in [0.25, 0.3) is 5.91 Å². The third-order valence-electron chi connectivity index (χ3n) is 3.13. The normalized spacial score (nSPS) is 16.4. The van der Waals surface area contributed by atoms with Crippen LogP contribution < -0.4 is 0 Å². The van der Waals surface area contributed by atoms with E-state index in [1.165, 1.54) is 12.1 Å². The lowest BCUT2D eigenvalue weighted by Gasteiger charge is -2.29. The Morgan fingerprint density at radius 2 is 2.11 bits per heavy atom. The predicted molar refractivity (Wildman–Crippen MR) is 68.3 cm³/mol. The minimum Gasteiger partial charge on any atom is -0.338 e. The second kappa shape index (κ2) is 5.49. The Bertz CT molecular complexity index is 504. The molecule has 1 fully saturated rings. The van der Waals surface area contributed by atoms with Crippen molar-refractivity contribution < 1.29 is 9.18 Å². The number of piperidine rings is 1. The van der Waals surface area contributed by atoms with Crippen LogP contribution >= 0.6 is 15.9 Å². The number of benzene rings is 1. The van der Waals surface area contributed by atoms with Gasteiger partial charge in [-0.3, -0.25) is 4.79 Å². The van der Waals surface area contributed by atoms with E-state index in [0.717, 1.165) is 0 Å². The highest BCUT2D eigenvalue weighted by Crippen LogP contribution is 2.21. The van der Waals surface area contributed by atoms with Gasteiger partial charge in [0.1, 0.15) is 5.82 Å². The molecule has 1 saturated heterocycles. The van der Waals surface area contributed by atoms with Gasteiger partial charge < -0.3 is 4.90 Å². The molecule has 0 aliphatic carbocycles. The zero-order valence-electron chi connectivity index (χ0n) is 9.70. The lowest BCUT2D eigenvalue weighted by atomic mass is 9.98. The van der Waals surface area contributed by atoms with E-state index in [-0.39, 0.29) is 17.4 Å². The molecule has 1 aliphatic heterocycles. The van der Waals surface area contributed by atoms with Crippen molar-refractivity contribution in [3.63, 3.8) is 0 Å². The Balaban J connectivity index is 2.11. The molecule has 1 heterocycles. The molecular formula is C13H12BrFN2O. The first-order chi connectivity index (χ1) is 8.61. The van der Waals surface area contributed by atoms with E-state index in [1.807, 2.05) is 0 Å². The molecule has 0 spiro atoms. The highest BCUT2D eigenvalue weighted by molar-refractivity contribution is 9.10. The van der Waals surface area contributed by atoms with Crippen molar-refractivity contribution in [1.82, 2.24) is 4.90 Å². The van der Waals surface area contributed by atoms with Crippen molar-refractivity contribution in [2.75, 3.05) is 13.1 Å².